The third-order valence-electron chi connectivity index (χ3n) is 2.26. The van der Waals surface area contributed by atoms with Gasteiger partial charge in [0.15, 0.2) is 0 Å². The van der Waals surface area contributed by atoms with Crippen molar-refractivity contribution >= 4 is 148 Å². The number of hydrogen-bond donors (Lipinski definition) is 5. The van der Waals surface area contributed by atoms with Crippen LogP contribution in [0.3, 0.4) is 0 Å². The van der Waals surface area contributed by atoms with Crippen molar-refractivity contribution < 1.29 is 54.6 Å². The Balaban J connectivity index is -0.000000200. The Morgan fingerprint density at radius 1 is 0.808 bits per heavy atom. The van der Waals surface area contributed by atoms with Crippen LogP contribution in [0.1, 0.15) is 19.3 Å². The number of nitrogens with two attached hydrogens (primary N) is 1. The zero-order chi connectivity index (χ0) is 16.8. The maximum atomic E-state index is 11.5. The van der Waals surface area contributed by atoms with Gasteiger partial charge < -0.3 is 36.4 Å². The van der Waals surface area contributed by atoms with E-state index in [0.717, 1.165) is 0 Å². The first-order chi connectivity index (χ1) is 9.50. The van der Waals surface area contributed by atoms with Crippen LogP contribution in [0.2, 0.25) is 0 Å². The molecule has 0 unspecified atom stereocenters. The fraction of sp³-hybridized carbons (Fsp3) is 0.500. The Bertz CT molecular complexity index is 472. The van der Waals surface area contributed by atoms with Crippen LogP contribution in [0.15, 0.2) is 0 Å². The summed E-state index contributed by atoms with van der Waals surface area (Å²) in [7, 11) is 0. The average molecular weight is 421 g/mol. The second-order valence-electron chi connectivity index (χ2n) is 4.07. The van der Waals surface area contributed by atoms with E-state index in [4.69, 9.17) is 26.2 Å². The quantitative estimate of drug-likeness (QED) is 0.174. The summed E-state index contributed by atoms with van der Waals surface area (Å²) < 4.78 is 4.40. The molecule has 0 saturated heterocycles. The van der Waals surface area contributed by atoms with Gasteiger partial charge in [0.05, 0.1) is 19.3 Å². The first-order valence-electron chi connectivity index (χ1n) is 5.37. The van der Waals surface area contributed by atoms with Crippen LogP contribution in [0.4, 0.5) is 0 Å². The summed E-state index contributed by atoms with van der Waals surface area (Å²) >= 11 is 0. The molecule has 0 aromatic carbocycles. The van der Waals surface area contributed by atoms with Gasteiger partial charge in [-0.2, -0.15) is 0 Å². The van der Waals surface area contributed by atoms with E-state index in [0.29, 0.717) is 0 Å². The summed E-state index contributed by atoms with van der Waals surface area (Å²) in [5.74, 6) is -8.45. The molecule has 0 rings (SSSR count). The molecular weight excluding hydrogens is 402 g/mol. The van der Waals surface area contributed by atoms with Crippen molar-refractivity contribution in [1.29, 1.82) is 0 Å². The summed E-state index contributed by atoms with van der Waals surface area (Å²) in [6.45, 7) is 0. The van der Waals surface area contributed by atoms with Gasteiger partial charge in [0, 0.05) is 0 Å². The second kappa shape index (κ2) is 19.6. The number of carbonyl (C=O) groups excluding carboxylic acids is 1. The molecule has 0 aromatic rings. The van der Waals surface area contributed by atoms with Gasteiger partial charge in [0.1, 0.15) is 6.04 Å². The Labute approximate surface area is 236 Å². The monoisotopic (exact) mass is 421 g/mol. The van der Waals surface area contributed by atoms with Crippen LogP contribution in [-0.4, -0.2) is 186 Å². The van der Waals surface area contributed by atoms with E-state index in [1.54, 1.807) is 0 Å². The number of rotatable bonds is 9. The van der Waals surface area contributed by atoms with E-state index in [-0.39, 0.29) is 124 Å². The van der Waals surface area contributed by atoms with Crippen molar-refractivity contribution in [1.82, 2.24) is 0 Å². The van der Waals surface area contributed by atoms with Gasteiger partial charge >= 0.3 is 148 Å². The predicted octanol–water partition coefficient (Wildman–Crippen LogP) is -5.31. The van der Waals surface area contributed by atoms with E-state index in [1.165, 1.54) is 0 Å². The number of hydrogen-bond acceptors (Lipinski definition) is 7. The van der Waals surface area contributed by atoms with Crippen LogP contribution in [-0.2, 0) is 28.7 Å². The van der Waals surface area contributed by atoms with E-state index < -0.39 is 60.8 Å². The van der Waals surface area contributed by atoms with Crippen molar-refractivity contribution in [3.63, 3.8) is 0 Å². The molecule has 0 fully saturated rings. The molecule has 0 bridgehead atoms. The molecule has 0 aliphatic rings. The molecule has 1 atom stereocenters. The van der Waals surface area contributed by atoms with E-state index in [9.17, 15) is 24.0 Å². The van der Waals surface area contributed by atoms with Gasteiger partial charge in [-0.05, 0) is 0 Å². The normalized spacial score (nSPS) is 9.88. The van der Waals surface area contributed by atoms with E-state index in [1.807, 2.05) is 0 Å². The molecule has 0 saturated carbocycles. The molecule has 0 aliphatic carbocycles. The SMILES string of the molecule is N[C@@H](CC(=O)O)C(=O)OC(CC(=O)O)(CC(=O)O)C(=O)O.O.[NaH].[NaH].[NaH].[NaH]. The maximum absolute atomic E-state index is 11.5. The molecule has 16 heteroatoms. The Hall–Kier alpha value is 1.27. The van der Waals surface area contributed by atoms with Crippen LogP contribution in [0.25, 0.3) is 0 Å². The molecule has 0 spiro atoms. The fourth-order valence-electron chi connectivity index (χ4n) is 1.36. The first kappa shape index (κ1) is 41.6. The summed E-state index contributed by atoms with van der Waals surface area (Å²) in [6.07, 6.45) is -3.53. The number of carboxylic acids is 4. The van der Waals surface area contributed by atoms with Crippen LogP contribution < -0.4 is 5.73 Å². The summed E-state index contributed by atoms with van der Waals surface area (Å²) in [5.41, 5.74) is 2.27. The number of carboxylic acid groups (broad SMARTS) is 4. The standard InChI is InChI=1S/C10H13NO10.4Na.H2O.4H/c11-4(1-5(12)13)8(18)21-10(9(19)20,2-6(14)15)3-7(16)17;;;;;;;;;/h4H,1-3,11H2,(H,12,13)(H,14,15)(H,16,17)(H,19,20);;;;;1H2;;;;/t4-;;;;;;;;;/m0........./s1. The molecule has 0 aromatic heterocycles. The minimum atomic E-state index is -2.87. The Morgan fingerprint density at radius 3 is 1.38 bits per heavy atom. The van der Waals surface area contributed by atoms with Crippen LogP contribution in [0, 0.1) is 0 Å². The van der Waals surface area contributed by atoms with Gasteiger partial charge in [-0.25, -0.2) is 4.79 Å². The van der Waals surface area contributed by atoms with E-state index in [2.05, 4.69) is 4.74 Å². The first-order valence-corrected chi connectivity index (χ1v) is 5.37. The molecule has 134 valence electrons. The fourth-order valence-corrected chi connectivity index (χ4v) is 1.36. The van der Waals surface area contributed by atoms with E-state index >= 15 is 0 Å². The number of aliphatic carboxylic acids is 4. The predicted molar refractivity (Wildman–Crippen MR) is 93.4 cm³/mol. The molecule has 0 amide bonds. The number of carbonyl (C=O) groups is 5. The summed E-state index contributed by atoms with van der Waals surface area (Å²) in [4.78, 5) is 54.3. The van der Waals surface area contributed by atoms with Crippen molar-refractivity contribution in [3.05, 3.63) is 0 Å². The zero-order valence-corrected chi connectivity index (χ0v) is 11.0. The summed E-state index contributed by atoms with van der Waals surface area (Å²) in [6, 6.07) is -1.76. The molecule has 0 heterocycles. The third-order valence-corrected chi connectivity index (χ3v) is 2.26. The molecule has 0 radical (unpaired) electrons. The minimum absolute atomic E-state index is 0. The van der Waals surface area contributed by atoms with Gasteiger partial charge in [-0.1, -0.05) is 0 Å². The number of esters is 1. The van der Waals surface area contributed by atoms with Crippen LogP contribution >= 0.6 is 0 Å². The molecular formula is C10H19NNa4O11. The van der Waals surface area contributed by atoms with Gasteiger partial charge in [-0.3, -0.25) is 19.2 Å². The Morgan fingerprint density at radius 2 is 1.15 bits per heavy atom. The topological polar surface area (TPSA) is 233 Å². The van der Waals surface area contributed by atoms with Crippen LogP contribution in [0.5, 0.6) is 0 Å². The molecule has 26 heavy (non-hydrogen) atoms. The third kappa shape index (κ3) is 16.2. The van der Waals surface area contributed by atoms with Crippen molar-refractivity contribution in [3.8, 4) is 0 Å². The Kier molecular flexibility index (Phi) is 31.3. The van der Waals surface area contributed by atoms with Gasteiger partial charge in [-0.15, -0.1) is 0 Å². The van der Waals surface area contributed by atoms with Crippen molar-refractivity contribution in [2.45, 2.75) is 30.9 Å². The van der Waals surface area contributed by atoms with Gasteiger partial charge in [0.2, 0.25) is 5.60 Å². The zero-order valence-electron chi connectivity index (χ0n) is 11.0. The van der Waals surface area contributed by atoms with Crippen molar-refractivity contribution in [2.24, 2.45) is 5.73 Å². The molecule has 0 aliphatic heterocycles. The molecule has 12 nitrogen and oxygen atoms in total. The van der Waals surface area contributed by atoms with Crippen molar-refractivity contribution in [2.75, 3.05) is 0 Å². The molecule has 8 N–H and O–H groups in total. The number of ether oxygens (including phenoxy) is 1. The van der Waals surface area contributed by atoms with Gasteiger partial charge in [0.25, 0.3) is 0 Å². The average Bonchev–Trinajstić information content (AvgIpc) is 2.25. The second-order valence-corrected chi connectivity index (χ2v) is 4.07. The summed E-state index contributed by atoms with van der Waals surface area (Å²) in [5, 5.41) is 34.7.